The fraction of sp³-hybridized carbons (Fsp3) is 0.500. The van der Waals surface area contributed by atoms with Crippen LogP contribution in [0.25, 0.3) is 0 Å². The maximum Gasteiger partial charge on any atom is 0.159 e. The summed E-state index contributed by atoms with van der Waals surface area (Å²) in [6.07, 6.45) is 1.04. The van der Waals surface area contributed by atoms with E-state index in [0.29, 0.717) is 5.92 Å². The van der Waals surface area contributed by atoms with Crippen LogP contribution in [0.2, 0.25) is 0 Å². The van der Waals surface area contributed by atoms with E-state index < -0.39 is 11.6 Å². The van der Waals surface area contributed by atoms with Gasteiger partial charge in [0.05, 0.1) is 0 Å². The van der Waals surface area contributed by atoms with E-state index in [1.807, 2.05) is 6.92 Å². The summed E-state index contributed by atoms with van der Waals surface area (Å²) in [6, 6.07) is 4.16. The van der Waals surface area contributed by atoms with Crippen molar-refractivity contribution in [3.8, 4) is 0 Å². The van der Waals surface area contributed by atoms with Crippen molar-refractivity contribution in [3.63, 3.8) is 0 Å². The molecule has 0 heterocycles. The summed E-state index contributed by atoms with van der Waals surface area (Å²) in [5.41, 5.74) is 0.873. The van der Waals surface area contributed by atoms with Gasteiger partial charge in [0, 0.05) is 0 Å². The first-order valence-electron chi connectivity index (χ1n) is 5.01. The summed E-state index contributed by atoms with van der Waals surface area (Å²) in [7, 11) is 0. The van der Waals surface area contributed by atoms with Crippen molar-refractivity contribution < 1.29 is 8.78 Å². The summed E-state index contributed by atoms with van der Waals surface area (Å²) >= 11 is 0. The Hall–Kier alpha value is -0.920. The molecule has 0 aliphatic rings. The number of hydrogen-bond donors (Lipinski definition) is 0. The molecule has 0 aliphatic heterocycles. The van der Waals surface area contributed by atoms with E-state index in [2.05, 4.69) is 13.8 Å². The van der Waals surface area contributed by atoms with Gasteiger partial charge >= 0.3 is 0 Å². The molecule has 2 heteroatoms. The second-order valence-electron chi connectivity index (χ2n) is 3.85. The number of hydrogen-bond acceptors (Lipinski definition) is 0. The smallest absolute Gasteiger partial charge is 0.159 e. The Bertz CT molecular complexity index is 307. The Morgan fingerprint density at radius 1 is 1.14 bits per heavy atom. The quantitative estimate of drug-likeness (QED) is 0.685. The zero-order valence-electron chi connectivity index (χ0n) is 8.85. The van der Waals surface area contributed by atoms with Crippen molar-refractivity contribution >= 4 is 0 Å². The molecule has 14 heavy (non-hydrogen) atoms. The minimum absolute atomic E-state index is 0.273. The summed E-state index contributed by atoms with van der Waals surface area (Å²) in [5, 5.41) is 0. The van der Waals surface area contributed by atoms with Crippen molar-refractivity contribution in [1.29, 1.82) is 0 Å². The maximum absolute atomic E-state index is 12.9. The fourth-order valence-electron chi connectivity index (χ4n) is 1.48. The molecule has 2 atom stereocenters. The van der Waals surface area contributed by atoms with Gasteiger partial charge in [-0.05, 0) is 29.5 Å². The lowest BCUT2D eigenvalue weighted by Gasteiger charge is -2.18. The standard InChI is InChI=1S/C12H16F2/c1-4-8(2)9(3)10-5-6-11(13)12(14)7-10/h5-9H,4H2,1-3H3. The van der Waals surface area contributed by atoms with Gasteiger partial charge < -0.3 is 0 Å². The first kappa shape index (κ1) is 11.2. The third-order valence-electron chi connectivity index (χ3n) is 2.97. The minimum Gasteiger partial charge on any atom is -0.204 e. The van der Waals surface area contributed by atoms with E-state index in [-0.39, 0.29) is 5.92 Å². The van der Waals surface area contributed by atoms with Crippen molar-refractivity contribution in [2.75, 3.05) is 0 Å². The first-order chi connectivity index (χ1) is 6.56. The summed E-state index contributed by atoms with van der Waals surface area (Å²) in [4.78, 5) is 0. The summed E-state index contributed by atoms with van der Waals surface area (Å²) in [5.74, 6) is -0.766. The van der Waals surface area contributed by atoms with Crippen molar-refractivity contribution in [3.05, 3.63) is 35.4 Å². The highest BCUT2D eigenvalue weighted by molar-refractivity contribution is 5.21. The van der Waals surface area contributed by atoms with Gasteiger partial charge in [-0.25, -0.2) is 8.78 Å². The molecule has 0 saturated carbocycles. The van der Waals surface area contributed by atoms with Gasteiger partial charge in [-0.2, -0.15) is 0 Å². The van der Waals surface area contributed by atoms with E-state index >= 15 is 0 Å². The molecule has 0 spiro atoms. The molecule has 0 N–H and O–H groups in total. The van der Waals surface area contributed by atoms with Gasteiger partial charge in [0.25, 0.3) is 0 Å². The topological polar surface area (TPSA) is 0 Å². The van der Waals surface area contributed by atoms with Crippen molar-refractivity contribution in [2.45, 2.75) is 33.1 Å². The second kappa shape index (κ2) is 4.54. The first-order valence-corrected chi connectivity index (χ1v) is 5.01. The fourth-order valence-corrected chi connectivity index (χ4v) is 1.48. The maximum atomic E-state index is 12.9. The van der Waals surface area contributed by atoms with E-state index in [1.54, 1.807) is 6.07 Å². The highest BCUT2D eigenvalue weighted by atomic mass is 19.2. The highest BCUT2D eigenvalue weighted by Crippen LogP contribution is 2.27. The van der Waals surface area contributed by atoms with Gasteiger partial charge in [0.15, 0.2) is 11.6 Å². The Kier molecular flexibility index (Phi) is 3.62. The van der Waals surface area contributed by atoms with Crippen LogP contribution in [-0.4, -0.2) is 0 Å². The lowest BCUT2D eigenvalue weighted by molar-refractivity contribution is 0.464. The van der Waals surface area contributed by atoms with Crippen molar-refractivity contribution in [2.24, 2.45) is 5.92 Å². The molecule has 0 radical (unpaired) electrons. The van der Waals surface area contributed by atoms with Crippen LogP contribution in [0.15, 0.2) is 18.2 Å². The van der Waals surface area contributed by atoms with Gasteiger partial charge in [-0.3, -0.25) is 0 Å². The lowest BCUT2D eigenvalue weighted by Crippen LogP contribution is -2.05. The summed E-state index contributed by atoms with van der Waals surface area (Å²) in [6.45, 7) is 6.26. The Balaban J connectivity index is 2.91. The van der Waals surface area contributed by atoms with Crippen LogP contribution in [0.3, 0.4) is 0 Å². The van der Waals surface area contributed by atoms with Crippen LogP contribution in [0.4, 0.5) is 8.78 Å². The van der Waals surface area contributed by atoms with Crippen LogP contribution in [0.1, 0.15) is 38.7 Å². The monoisotopic (exact) mass is 198 g/mol. The Morgan fingerprint density at radius 2 is 1.79 bits per heavy atom. The molecule has 1 aromatic carbocycles. The molecule has 0 bridgehead atoms. The van der Waals surface area contributed by atoms with Gasteiger partial charge in [0.2, 0.25) is 0 Å². The van der Waals surface area contributed by atoms with Crippen LogP contribution in [0, 0.1) is 17.6 Å². The lowest BCUT2D eigenvalue weighted by atomic mass is 9.87. The van der Waals surface area contributed by atoms with Crippen molar-refractivity contribution in [1.82, 2.24) is 0 Å². The average molecular weight is 198 g/mol. The third kappa shape index (κ3) is 2.31. The van der Waals surface area contributed by atoms with Gasteiger partial charge in [0.1, 0.15) is 0 Å². The number of benzene rings is 1. The van der Waals surface area contributed by atoms with Gasteiger partial charge in [-0.15, -0.1) is 0 Å². The molecule has 2 unspecified atom stereocenters. The molecular weight excluding hydrogens is 182 g/mol. The molecule has 78 valence electrons. The van der Waals surface area contributed by atoms with Crippen LogP contribution >= 0.6 is 0 Å². The predicted octanol–water partition coefficient (Wildman–Crippen LogP) is 4.11. The van der Waals surface area contributed by atoms with Crippen LogP contribution < -0.4 is 0 Å². The molecule has 0 amide bonds. The normalized spacial score (nSPS) is 15.2. The molecule has 1 rings (SSSR count). The average Bonchev–Trinajstić information content (AvgIpc) is 2.20. The molecule has 0 nitrogen and oxygen atoms in total. The van der Waals surface area contributed by atoms with E-state index in [4.69, 9.17) is 0 Å². The van der Waals surface area contributed by atoms with Crippen LogP contribution in [-0.2, 0) is 0 Å². The summed E-state index contributed by atoms with van der Waals surface area (Å²) < 4.78 is 25.6. The van der Waals surface area contributed by atoms with E-state index in [0.717, 1.165) is 12.0 Å². The second-order valence-corrected chi connectivity index (χ2v) is 3.85. The third-order valence-corrected chi connectivity index (χ3v) is 2.97. The minimum atomic E-state index is -0.773. The zero-order valence-corrected chi connectivity index (χ0v) is 8.85. The molecule has 0 fully saturated rings. The van der Waals surface area contributed by atoms with Gasteiger partial charge in [-0.1, -0.05) is 33.3 Å². The number of halogens is 2. The molecule has 0 aliphatic carbocycles. The largest absolute Gasteiger partial charge is 0.204 e. The molecule has 0 aromatic heterocycles. The predicted molar refractivity (Wildman–Crippen MR) is 54.2 cm³/mol. The zero-order chi connectivity index (χ0) is 10.7. The van der Waals surface area contributed by atoms with Crippen LogP contribution in [0.5, 0.6) is 0 Å². The highest BCUT2D eigenvalue weighted by Gasteiger charge is 2.14. The van der Waals surface area contributed by atoms with E-state index in [1.165, 1.54) is 12.1 Å². The molecular formula is C12H16F2. The molecule has 0 saturated heterocycles. The Morgan fingerprint density at radius 3 is 2.29 bits per heavy atom. The molecule has 1 aromatic rings. The Labute approximate surface area is 84.0 Å². The SMILES string of the molecule is CCC(C)C(C)c1ccc(F)c(F)c1. The number of rotatable bonds is 3. The van der Waals surface area contributed by atoms with E-state index in [9.17, 15) is 8.78 Å².